The number of aliphatic hydroxyl groups is 1. The third kappa shape index (κ3) is 1.52. The second-order valence-electron chi connectivity index (χ2n) is 3.36. The molecule has 0 bridgehead atoms. The first-order chi connectivity index (χ1) is 7.15. The van der Waals surface area contributed by atoms with Crippen LogP contribution in [0.4, 0.5) is 0 Å². The van der Waals surface area contributed by atoms with E-state index in [1.54, 1.807) is 23.7 Å². The molecule has 0 atom stereocenters. The highest BCUT2D eigenvalue weighted by Crippen LogP contribution is 2.14. The van der Waals surface area contributed by atoms with Crippen molar-refractivity contribution in [1.82, 2.24) is 9.55 Å². The number of aromatic nitrogens is 2. The van der Waals surface area contributed by atoms with Gasteiger partial charge in [-0.05, 0) is 17.6 Å². The van der Waals surface area contributed by atoms with Crippen molar-refractivity contribution in [3.05, 3.63) is 24.0 Å². The summed E-state index contributed by atoms with van der Waals surface area (Å²) in [6, 6.07) is 3.26. The number of rotatable bonds is 2. The molecule has 0 saturated carbocycles. The van der Waals surface area contributed by atoms with Crippen LogP contribution in [0.5, 0.6) is 0 Å². The number of aryl methyl sites for hydroxylation is 1. The van der Waals surface area contributed by atoms with Crippen molar-refractivity contribution in [3.8, 4) is 0 Å². The van der Waals surface area contributed by atoms with Crippen molar-refractivity contribution in [1.29, 1.82) is 0 Å². The minimum Gasteiger partial charge on any atom is -0.423 e. The van der Waals surface area contributed by atoms with Crippen LogP contribution in [0.3, 0.4) is 0 Å². The van der Waals surface area contributed by atoms with Gasteiger partial charge in [0.25, 0.3) is 0 Å². The summed E-state index contributed by atoms with van der Waals surface area (Å²) in [5, 5.41) is 28.0. The number of hydrogen-bond acceptors (Lipinski definition) is 4. The molecule has 0 aliphatic heterocycles. The third-order valence-electron chi connectivity index (χ3n) is 2.50. The van der Waals surface area contributed by atoms with E-state index >= 15 is 0 Å². The highest BCUT2D eigenvalue weighted by atomic mass is 16.4. The Kier molecular flexibility index (Phi) is 2.48. The quantitative estimate of drug-likeness (QED) is 0.536. The van der Waals surface area contributed by atoms with E-state index in [2.05, 4.69) is 4.98 Å². The number of nitrogens with zero attached hydrogens (tertiary/aromatic N) is 2. The molecule has 2 aromatic heterocycles. The first-order valence-electron chi connectivity index (χ1n) is 4.55. The van der Waals surface area contributed by atoms with Gasteiger partial charge in [0, 0.05) is 24.3 Å². The lowest BCUT2D eigenvalue weighted by atomic mass is 9.79. The molecule has 0 amide bonds. The van der Waals surface area contributed by atoms with Crippen LogP contribution in [0.1, 0.15) is 5.69 Å². The zero-order valence-corrected chi connectivity index (χ0v) is 8.25. The number of aliphatic hydroxyl groups excluding tert-OH is 1. The molecule has 5 nitrogen and oxygen atoms in total. The van der Waals surface area contributed by atoms with Gasteiger partial charge in [-0.1, -0.05) is 0 Å². The van der Waals surface area contributed by atoms with E-state index in [-0.39, 0.29) is 6.61 Å². The summed E-state index contributed by atoms with van der Waals surface area (Å²) in [5.41, 5.74) is 1.71. The summed E-state index contributed by atoms with van der Waals surface area (Å²) in [6.45, 7) is -0.103. The number of fused-ring (bicyclic) bond motifs is 1. The standard InChI is InChI=1S/C9H11BN2O3/c1-12-6(5-13)4-7-8(10(14)15)2-3-11-9(7)12/h2-4,13-15H,5H2,1H3. The molecule has 0 aliphatic carbocycles. The number of hydrogen-bond donors (Lipinski definition) is 3. The summed E-state index contributed by atoms with van der Waals surface area (Å²) in [4.78, 5) is 4.12. The van der Waals surface area contributed by atoms with Gasteiger partial charge in [-0.25, -0.2) is 4.98 Å². The van der Waals surface area contributed by atoms with Crippen molar-refractivity contribution in [2.45, 2.75) is 6.61 Å². The lowest BCUT2D eigenvalue weighted by Gasteiger charge is -2.01. The Hall–Kier alpha value is -1.37. The van der Waals surface area contributed by atoms with E-state index in [0.29, 0.717) is 22.2 Å². The molecule has 0 radical (unpaired) electrons. The van der Waals surface area contributed by atoms with Gasteiger partial charge >= 0.3 is 7.12 Å². The van der Waals surface area contributed by atoms with Gasteiger partial charge in [0.2, 0.25) is 0 Å². The molecule has 0 fully saturated rings. The van der Waals surface area contributed by atoms with Crippen LogP contribution < -0.4 is 5.46 Å². The third-order valence-corrected chi connectivity index (χ3v) is 2.50. The first kappa shape index (κ1) is 10.2. The van der Waals surface area contributed by atoms with Crippen molar-refractivity contribution >= 4 is 23.6 Å². The SMILES string of the molecule is Cn1c(CO)cc2c(B(O)O)ccnc21. The highest BCUT2D eigenvalue weighted by molar-refractivity contribution is 6.61. The Morgan fingerprint density at radius 3 is 2.80 bits per heavy atom. The Morgan fingerprint density at radius 2 is 2.20 bits per heavy atom. The van der Waals surface area contributed by atoms with E-state index in [9.17, 15) is 0 Å². The topological polar surface area (TPSA) is 78.5 Å². The second-order valence-corrected chi connectivity index (χ2v) is 3.36. The maximum absolute atomic E-state index is 9.15. The molecule has 3 N–H and O–H groups in total. The van der Waals surface area contributed by atoms with Crippen LogP contribution in [0.2, 0.25) is 0 Å². The lowest BCUT2D eigenvalue weighted by Crippen LogP contribution is -2.30. The van der Waals surface area contributed by atoms with Crippen LogP contribution >= 0.6 is 0 Å². The molecule has 0 aliphatic rings. The summed E-state index contributed by atoms with van der Waals surface area (Å²) < 4.78 is 1.72. The Bertz CT molecular complexity index is 495. The largest absolute Gasteiger partial charge is 0.489 e. The molecule has 2 rings (SSSR count). The maximum Gasteiger partial charge on any atom is 0.489 e. The fourth-order valence-electron chi connectivity index (χ4n) is 1.67. The molecule has 0 aromatic carbocycles. The Labute approximate surface area is 86.8 Å². The summed E-state index contributed by atoms with van der Waals surface area (Å²) in [7, 11) is 0.249. The van der Waals surface area contributed by atoms with Crippen LogP contribution in [0.25, 0.3) is 11.0 Å². The van der Waals surface area contributed by atoms with E-state index < -0.39 is 7.12 Å². The predicted molar refractivity (Wildman–Crippen MR) is 56.5 cm³/mol. The minimum absolute atomic E-state index is 0.103. The van der Waals surface area contributed by atoms with Crippen molar-refractivity contribution in [2.24, 2.45) is 7.05 Å². The summed E-state index contributed by atoms with van der Waals surface area (Å²) >= 11 is 0. The summed E-state index contributed by atoms with van der Waals surface area (Å²) in [5.74, 6) is 0. The monoisotopic (exact) mass is 206 g/mol. The average molecular weight is 206 g/mol. The lowest BCUT2D eigenvalue weighted by molar-refractivity contribution is 0.273. The molecule has 78 valence electrons. The molecule has 0 unspecified atom stereocenters. The Balaban J connectivity index is 2.76. The molecule has 2 heterocycles. The normalized spacial score (nSPS) is 10.9. The van der Waals surface area contributed by atoms with Gasteiger partial charge in [-0.3, -0.25) is 0 Å². The molecule has 0 saturated heterocycles. The van der Waals surface area contributed by atoms with E-state index in [0.717, 1.165) is 0 Å². The predicted octanol–water partition coefficient (Wildman–Crippen LogP) is -1.25. The van der Waals surface area contributed by atoms with E-state index in [1.165, 1.54) is 6.20 Å². The molecular weight excluding hydrogens is 195 g/mol. The smallest absolute Gasteiger partial charge is 0.423 e. The molecule has 0 spiro atoms. The summed E-state index contributed by atoms with van der Waals surface area (Å²) in [6.07, 6.45) is 1.51. The van der Waals surface area contributed by atoms with Gasteiger partial charge in [0.15, 0.2) is 0 Å². The van der Waals surface area contributed by atoms with Gasteiger partial charge in [0.1, 0.15) is 5.65 Å². The van der Waals surface area contributed by atoms with Gasteiger partial charge in [-0.15, -0.1) is 0 Å². The zero-order chi connectivity index (χ0) is 11.0. The zero-order valence-electron chi connectivity index (χ0n) is 8.25. The van der Waals surface area contributed by atoms with Crippen LogP contribution in [-0.4, -0.2) is 31.8 Å². The highest BCUT2D eigenvalue weighted by Gasteiger charge is 2.17. The van der Waals surface area contributed by atoms with E-state index in [4.69, 9.17) is 15.2 Å². The second kappa shape index (κ2) is 3.65. The van der Waals surface area contributed by atoms with Crippen molar-refractivity contribution < 1.29 is 15.2 Å². The fraction of sp³-hybridized carbons (Fsp3) is 0.222. The van der Waals surface area contributed by atoms with Crippen LogP contribution in [-0.2, 0) is 13.7 Å². The van der Waals surface area contributed by atoms with Crippen LogP contribution in [0.15, 0.2) is 18.3 Å². The molecule has 15 heavy (non-hydrogen) atoms. The first-order valence-corrected chi connectivity index (χ1v) is 4.55. The molecular formula is C9H11BN2O3. The molecule has 6 heteroatoms. The number of pyridine rings is 1. The van der Waals surface area contributed by atoms with Crippen molar-refractivity contribution in [2.75, 3.05) is 0 Å². The van der Waals surface area contributed by atoms with Crippen molar-refractivity contribution in [3.63, 3.8) is 0 Å². The fourth-order valence-corrected chi connectivity index (χ4v) is 1.67. The van der Waals surface area contributed by atoms with Gasteiger partial charge in [0.05, 0.1) is 6.61 Å². The average Bonchev–Trinajstić information content (AvgIpc) is 2.55. The van der Waals surface area contributed by atoms with Gasteiger partial charge in [-0.2, -0.15) is 0 Å². The van der Waals surface area contributed by atoms with E-state index in [1.807, 2.05) is 0 Å². The maximum atomic E-state index is 9.15. The minimum atomic E-state index is -1.52. The Morgan fingerprint density at radius 1 is 1.47 bits per heavy atom. The van der Waals surface area contributed by atoms with Crippen LogP contribution in [0, 0.1) is 0 Å². The molecule has 2 aromatic rings. The van der Waals surface area contributed by atoms with Gasteiger partial charge < -0.3 is 19.7 Å².